The summed E-state index contributed by atoms with van der Waals surface area (Å²) in [4.78, 5) is 24.8. The van der Waals surface area contributed by atoms with Gasteiger partial charge in [-0.05, 0) is 40.0 Å². The monoisotopic (exact) mass is 342 g/mol. The molecule has 2 atom stereocenters. The van der Waals surface area contributed by atoms with Gasteiger partial charge in [-0.15, -0.1) is 0 Å². The summed E-state index contributed by atoms with van der Waals surface area (Å²) >= 11 is 0. The Hall–Kier alpha value is -1.10. The highest BCUT2D eigenvalue weighted by molar-refractivity contribution is 5.80. The molecule has 24 heavy (non-hydrogen) atoms. The molecule has 0 N–H and O–H groups in total. The average Bonchev–Trinajstić information content (AvgIpc) is 3.35. The average molecular weight is 342 g/mol. The molecule has 0 spiro atoms. The first-order chi connectivity index (χ1) is 11.2. The molecule has 1 saturated heterocycles. The molecule has 1 aliphatic heterocycles. The van der Waals surface area contributed by atoms with Crippen molar-refractivity contribution in [1.29, 1.82) is 0 Å². The van der Waals surface area contributed by atoms with E-state index in [0.717, 1.165) is 25.7 Å². The van der Waals surface area contributed by atoms with Crippen LogP contribution in [-0.4, -0.2) is 37.9 Å². The fourth-order valence-electron chi connectivity index (χ4n) is 2.79. The maximum Gasteiger partial charge on any atom is 0.311 e. The highest BCUT2D eigenvalue weighted by Gasteiger charge is 2.43. The van der Waals surface area contributed by atoms with Gasteiger partial charge in [0, 0.05) is 0 Å². The minimum absolute atomic E-state index is 0.0513. The molecule has 0 aromatic heterocycles. The Bertz CT molecular complexity index is 414. The first kappa shape index (κ1) is 20.9. The lowest BCUT2D eigenvalue weighted by atomic mass is 9.72. The van der Waals surface area contributed by atoms with Gasteiger partial charge >= 0.3 is 11.9 Å². The first-order valence-electron chi connectivity index (χ1n) is 9.21. The van der Waals surface area contributed by atoms with Crippen molar-refractivity contribution >= 4 is 11.9 Å². The Morgan fingerprint density at radius 1 is 1.04 bits per heavy atom. The summed E-state index contributed by atoms with van der Waals surface area (Å²) in [5.74, 6) is -0.499. The molecule has 0 aliphatic carbocycles. The number of carbonyl (C=O) groups excluding carboxylic acids is 2. The second-order valence-corrected chi connectivity index (χ2v) is 7.73. The molecule has 0 amide bonds. The van der Waals surface area contributed by atoms with Gasteiger partial charge in [0.05, 0.1) is 24.0 Å². The van der Waals surface area contributed by atoms with Crippen LogP contribution in [-0.2, 0) is 23.8 Å². The molecule has 1 aliphatic rings. The first-order valence-corrected chi connectivity index (χ1v) is 9.21. The number of unbranched alkanes of at least 4 members (excludes halogenated alkanes) is 3. The van der Waals surface area contributed by atoms with Crippen molar-refractivity contribution in [2.24, 2.45) is 10.8 Å². The van der Waals surface area contributed by atoms with Gasteiger partial charge in [0.2, 0.25) is 0 Å². The second-order valence-electron chi connectivity index (χ2n) is 7.73. The van der Waals surface area contributed by atoms with Gasteiger partial charge in [0.25, 0.3) is 0 Å². The molecule has 140 valence electrons. The molecule has 1 rings (SSSR count). The fraction of sp³-hybridized carbons (Fsp3) is 0.895. The maximum atomic E-state index is 12.5. The van der Waals surface area contributed by atoms with Gasteiger partial charge in [0.15, 0.2) is 0 Å². The number of epoxide rings is 1. The van der Waals surface area contributed by atoms with Crippen LogP contribution in [0.2, 0.25) is 0 Å². The Kier molecular flexibility index (Phi) is 8.20. The van der Waals surface area contributed by atoms with E-state index in [9.17, 15) is 9.59 Å². The lowest BCUT2D eigenvalue weighted by Crippen LogP contribution is -2.39. The number of hydrogen-bond acceptors (Lipinski definition) is 5. The lowest BCUT2D eigenvalue weighted by molar-refractivity contribution is -0.163. The van der Waals surface area contributed by atoms with Crippen LogP contribution in [0.5, 0.6) is 0 Å². The van der Waals surface area contributed by atoms with E-state index >= 15 is 0 Å². The summed E-state index contributed by atoms with van der Waals surface area (Å²) in [6, 6.07) is 0. The fourth-order valence-corrected chi connectivity index (χ4v) is 2.79. The summed E-state index contributed by atoms with van der Waals surface area (Å²) < 4.78 is 15.8. The molecular weight excluding hydrogens is 308 g/mol. The van der Waals surface area contributed by atoms with Crippen molar-refractivity contribution in [1.82, 2.24) is 0 Å². The molecule has 0 radical (unpaired) electrons. The molecule has 0 aromatic rings. The summed E-state index contributed by atoms with van der Waals surface area (Å²) in [6.45, 7) is 11.0. The molecular formula is C19H34O5. The van der Waals surface area contributed by atoms with Crippen LogP contribution >= 0.6 is 0 Å². The molecule has 5 nitrogen and oxygen atoms in total. The highest BCUT2D eigenvalue weighted by Crippen LogP contribution is 2.38. The van der Waals surface area contributed by atoms with Gasteiger partial charge in [-0.1, -0.05) is 33.1 Å². The third-order valence-corrected chi connectivity index (χ3v) is 4.69. The van der Waals surface area contributed by atoms with Crippen molar-refractivity contribution in [2.45, 2.75) is 79.2 Å². The Labute approximate surface area is 146 Å². The van der Waals surface area contributed by atoms with Crippen molar-refractivity contribution < 1.29 is 23.8 Å². The SMILES string of the molecule is CCCCCCOC(=O)C(C)(CC)CC(C)(C)C(=O)OCC1CO1. The van der Waals surface area contributed by atoms with Crippen LogP contribution in [0.15, 0.2) is 0 Å². The van der Waals surface area contributed by atoms with Crippen LogP contribution in [0.3, 0.4) is 0 Å². The molecule has 5 heteroatoms. The molecule has 0 aromatic carbocycles. The molecule has 2 unspecified atom stereocenters. The minimum atomic E-state index is -0.735. The quantitative estimate of drug-likeness (QED) is 0.306. The van der Waals surface area contributed by atoms with E-state index in [1.807, 2.05) is 27.7 Å². The maximum absolute atomic E-state index is 12.5. The van der Waals surface area contributed by atoms with Gasteiger partial charge in [0.1, 0.15) is 12.7 Å². The van der Waals surface area contributed by atoms with E-state index in [2.05, 4.69) is 6.92 Å². The Morgan fingerprint density at radius 2 is 1.71 bits per heavy atom. The van der Waals surface area contributed by atoms with Gasteiger partial charge in [-0.25, -0.2) is 0 Å². The molecule has 1 fully saturated rings. The second kappa shape index (κ2) is 9.40. The van der Waals surface area contributed by atoms with Crippen LogP contribution in [0, 0.1) is 10.8 Å². The van der Waals surface area contributed by atoms with Crippen molar-refractivity contribution in [3.8, 4) is 0 Å². The van der Waals surface area contributed by atoms with Crippen molar-refractivity contribution in [3.05, 3.63) is 0 Å². The standard InChI is InChI=1S/C19H34O5/c1-6-8-9-10-11-22-17(21)19(5,7-2)14-18(3,4)16(20)24-13-15-12-23-15/h15H,6-14H2,1-5H3. The largest absolute Gasteiger partial charge is 0.465 e. The van der Waals surface area contributed by atoms with E-state index in [1.54, 1.807) is 0 Å². The number of esters is 2. The molecule has 1 heterocycles. The topological polar surface area (TPSA) is 65.1 Å². The lowest BCUT2D eigenvalue weighted by Gasteiger charge is -2.33. The van der Waals surface area contributed by atoms with Gasteiger partial charge in [-0.2, -0.15) is 0 Å². The van der Waals surface area contributed by atoms with E-state index in [1.165, 1.54) is 0 Å². The van der Waals surface area contributed by atoms with E-state index in [4.69, 9.17) is 14.2 Å². The predicted octanol–water partition coefficient (Wildman–Crippen LogP) is 3.88. The third kappa shape index (κ3) is 6.80. The highest BCUT2D eigenvalue weighted by atomic mass is 16.6. The van der Waals surface area contributed by atoms with Crippen molar-refractivity contribution in [2.75, 3.05) is 19.8 Å². The van der Waals surface area contributed by atoms with Crippen molar-refractivity contribution in [3.63, 3.8) is 0 Å². The molecule has 0 saturated carbocycles. The van der Waals surface area contributed by atoms with Crippen LogP contribution in [0.1, 0.15) is 73.1 Å². The number of hydrogen-bond donors (Lipinski definition) is 0. The number of rotatable bonds is 12. The Balaban J connectivity index is 2.50. The Morgan fingerprint density at radius 3 is 2.25 bits per heavy atom. The summed E-state index contributed by atoms with van der Waals surface area (Å²) in [5, 5.41) is 0. The van der Waals surface area contributed by atoms with Crippen LogP contribution in [0.25, 0.3) is 0 Å². The summed E-state index contributed by atoms with van der Waals surface area (Å²) in [6.07, 6.45) is 5.38. The smallest absolute Gasteiger partial charge is 0.311 e. The zero-order chi connectivity index (χ0) is 18.2. The zero-order valence-electron chi connectivity index (χ0n) is 16.0. The van der Waals surface area contributed by atoms with E-state index in [-0.39, 0.29) is 18.0 Å². The van der Waals surface area contributed by atoms with Crippen LogP contribution in [0.4, 0.5) is 0 Å². The normalized spacial score (nSPS) is 19.5. The van der Waals surface area contributed by atoms with Crippen LogP contribution < -0.4 is 0 Å². The van der Waals surface area contributed by atoms with E-state index in [0.29, 0.717) is 32.7 Å². The van der Waals surface area contributed by atoms with Gasteiger partial charge in [-0.3, -0.25) is 9.59 Å². The third-order valence-electron chi connectivity index (χ3n) is 4.69. The summed E-state index contributed by atoms with van der Waals surface area (Å²) in [7, 11) is 0. The number of carbonyl (C=O) groups is 2. The molecule has 0 bridgehead atoms. The predicted molar refractivity (Wildman–Crippen MR) is 92.6 cm³/mol. The number of ether oxygens (including phenoxy) is 3. The minimum Gasteiger partial charge on any atom is -0.465 e. The summed E-state index contributed by atoms with van der Waals surface area (Å²) in [5.41, 5.74) is -1.41. The van der Waals surface area contributed by atoms with E-state index < -0.39 is 10.8 Å². The zero-order valence-corrected chi connectivity index (χ0v) is 16.0. The van der Waals surface area contributed by atoms with Gasteiger partial charge < -0.3 is 14.2 Å².